The Morgan fingerprint density at radius 3 is 2.56 bits per heavy atom. The van der Waals surface area contributed by atoms with Gasteiger partial charge in [-0.1, -0.05) is 17.7 Å². The van der Waals surface area contributed by atoms with Crippen LogP contribution < -0.4 is 14.8 Å². The molecular weight excluding hydrogens is 392 g/mol. The van der Waals surface area contributed by atoms with E-state index in [4.69, 9.17) is 21.1 Å². The second kappa shape index (κ2) is 9.18. The molecule has 7 nitrogen and oxygen atoms in total. The van der Waals surface area contributed by atoms with Crippen molar-refractivity contribution in [2.45, 2.75) is 11.8 Å². The van der Waals surface area contributed by atoms with E-state index in [1.54, 1.807) is 18.2 Å². The Bertz CT molecular complexity index is 931. The van der Waals surface area contributed by atoms with E-state index in [-0.39, 0.29) is 29.4 Å². The summed E-state index contributed by atoms with van der Waals surface area (Å²) in [4.78, 5) is 12.5. The zero-order valence-corrected chi connectivity index (χ0v) is 16.8. The topological polar surface area (TPSA) is 93.7 Å². The van der Waals surface area contributed by atoms with Gasteiger partial charge in [-0.05, 0) is 42.8 Å². The normalized spacial score (nSPS) is 11.3. The molecule has 1 amide bonds. The number of rotatable bonds is 8. The standard InChI is InChI=1S/C18H21ClN2O5S/c1-12-4-6-14(19)11-15(12)21-18(22)13-5-7-16(26-3)17(10-13)27(23,24)20-8-9-25-2/h4-7,10-11,20H,8-9H2,1-3H3,(H,21,22). The van der Waals surface area contributed by atoms with E-state index >= 15 is 0 Å². The Balaban J connectivity index is 2.33. The molecule has 0 heterocycles. The minimum atomic E-state index is -3.88. The number of hydrogen-bond donors (Lipinski definition) is 2. The van der Waals surface area contributed by atoms with Gasteiger partial charge in [-0.3, -0.25) is 4.79 Å². The minimum Gasteiger partial charge on any atom is -0.495 e. The minimum absolute atomic E-state index is 0.0973. The summed E-state index contributed by atoms with van der Waals surface area (Å²) < 4.78 is 37.4. The van der Waals surface area contributed by atoms with Crippen molar-refractivity contribution in [1.29, 1.82) is 0 Å². The number of sulfonamides is 1. The summed E-state index contributed by atoms with van der Waals surface area (Å²) in [6.45, 7) is 2.14. The predicted octanol–water partition coefficient (Wildman–Crippen LogP) is 2.83. The molecule has 0 aliphatic heterocycles. The maximum Gasteiger partial charge on any atom is 0.255 e. The molecule has 2 aromatic carbocycles. The molecule has 0 bridgehead atoms. The van der Waals surface area contributed by atoms with Crippen molar-refractivity contribution in [3.63, 3.8) is 0 Å². The van der Waals surface area contributed by atoms with Crippen molar-refractivity contribution >= 4 is 33.2 Å². The van der Waals surface area contributed by atoms with Crippen LogP contribution in [0.4, 0.5) is 5.69 Å². The fraction of sp³-hybridized carbons (Fsp3) is 0.278. The number of halogens is 1. The molecule has 0 unspecified atom stereocenters. The van der Waals surface area contributed by atoms with Crippen LogP contribution in [0.2, 0.25) is 5.02 Å². The summed E-state index contributed by atoms with van der Waals surface area (Å²) in [6, 6.07) is 9.32. The lowest BCUT2D eigenvalue weighted by Gasteiger charge is -2.13. The van der Waals surface area contributed by atoms with E-state index in [0.29, 0.717) is 10.7 Å². The Hall–Kier alpha value is -2.13. The molecule has 146 valence electrons. The van der Waals surface area contributed by atoms with Crippen molar-refractivity contribution in [2.24, 2.45) is 0 Å². The van der Waals surface area contributed by atoms with Crippen LogP contribution >= 0.6 is 11.6 Å². The largest absolute Gasteiger partial charge is 0.495 e. The second-order valence-electron chi connectivity index (χ2n) is 5.67. The van der Waals surface area contributed by atoms with Crippen molar-refractivity contribution in [3.05, 3.63) is 52.5 Å². The number of benzene rings is 2. The maximum atomic E-state index is 12.6. The molecule has 9 heteroatoms. The molecule has 0 radical (unpaired) electrons. The average molecular weight is 413 g/mol. The number of methoxy groups -OCH3 is 2. The van der Waals surface area contributed by atoms with Gasteiger partial charge in [-0.15, -0.1) is 0 Å². The van der Waals surface area contributed by atoms with E-state index in [0.717, 1.165) is 5.56 Å². The van der Waals surface area contributed by atoms with Crippen LogP contribution in [0.15, 0.2) is 41.3 Å². The fourth-order valence-electron chi connectivity index (χ4n) is 2.31. The van der Waals surface area contributed by atoms with Gasteiger partial charge < -0.3 is 14.8 Å². The van der Waals surface area contributed by atoms with Gasteiger partial charge in [0.25, 0.3) is 5.91 Å². The first kappa shape index (κ1) is 21.2. The molecule has 0 aromatic heterocycles. The van der Waals surface area contributed by atoms with Crippen LogP contribution in [0.1, 0.15) is 15.9 Å². The van der Waals surface area contributed by atoms with Crippen LogP contribution in [0.25, 0.3) is 0 Å². The number of aryl methyl sites for hydroxylation is 1. The van der Waals surface area contributed by atoms with Crippen LogP contribution in [-0.4, -0.2) is 41.7 Å². The Kier molecular flexibility index (Phi) is 7.20. The summed E-state index contributed by atoms with van der Waals surface area (Å²) in [5.41, 5.74) is 1.54. The number of carbonyl (C=O) groups excluding carboxylic acids is 1. The van der Waals surface area contributed by atoms with E-state index in [2.05, 4.69) is 10.0 Å². The lowest BCUT2D eigenvalue weighted by Crippen LogP contribution is -2.28. The Morgan fingerprint density at radius 2 is 1.89 bits per heavy atom. The summed E-state index contributed by atoms with van der Waals surface area (Å²) >= 11 is 5.97. The van der Waals surface area contributed by atoms with Crippen LogP contribution in [0.3, 0.4) is 0 Å². The Morgan fingerprint density at radius 1 is 1.15 bits per heavy atom. The van der Waals surface area contributed by atoms with E-state index in [9.17, 15) is 13.2 Å². The second-order valence-corrected chi connectivity index (χ2v) is 7.84. The van der Waals surface area contributed by atoms with Gasteiger partial charge >= 0.3 is 0 Å². The number of anilines is 1. The molecule has 2 N–H and O–H groups in total. The summed E-state index contributed by atoms with van der Waals surface area (Å²) in [5, 5.41) is 3.22. The lowest BCUT2D eigenvalue weighted by atomic mass is 10.1. The predicted molar refractivity (Wildman–Crippen MR) is 104 cm³/mol. The average Bonchev–Trinajstić information content (AvgIpc) is 2.64. The van der Waals surface area contributed by atoms with E-state index in [1.165, 1.54) is 32.4 Å². The zero-order valence-electron chi connectivity index (χ0n) is 15.2. The molecule has 0 saturated carbocycles. The van der Waals surface area contributed by atoms with Crippen LogP contribution in [-0.2, 0) is 14.8 Å². The van der Waals surface area contributed by atoms with Crippen molar-refractivity contribution < 1.29 is 22.7 Å². The number of hydrogen-bond acceptors (Lipinski definition) is 5. The van der Waals surface area contributed by atoms with Crippen LogP contribution in [0, 0.1) is 6.92 Å². The number of ether oxygens (including phenoxy) is 2. The number of amides is 1. The lowest BCUT2D eigenvalue weighted by molar-refractivity contribution is 0.102. The molecule has 2 aromatic rings. The first-order valence-electron chi connectivity index (χ1n) is 8.02. The first-order valence-corrected chi connectivity index (χ1v) is 9.88. The third-order valence-electron chi connectivity index (χ3n) is 3.76. The monoisotopic (exact) mass is 412 g/mol. The van der Waals surface area contributed by atoms with Crippen molar-refractivity contribution in [1.82, 2.24) is 4.72 Å². The van der Waals surface area contributed by atoms with E-state index < -0.39 is 15.9 Å². The Labute approximate surface area is 163 Å². The molecule has 0 spiro atoms. The van der Waals surface area contributed by atoms with Gasteiger partial charge in [0.15, 0.2) is 0 Å². The molecule has 0 atom stereocenters. The highest BCUT2D eigenvalue weighted by Gasteiger charge is 2.21. The molecule has 0 aliphatic carbocycles. The van der Waals surface area contributed by atoms with Gasteiger partial charge in [-0.25, -0.2) is 13.1 Å². The van der Waals surface area contributed by atoms with Gasteiger partial charge in [0.05, 0.1) is 13.7 Å². The maximum absolute atomic E-state index is 12.6. The molecule has 27 heavy (non-hydrogen) atoms. The molecule has 0 fully saturated rings. The third-order valence-corrected chi connectivity index (χ3v) is 5.48. The summed E-state index contributed by atoms with van der Waals surface area (Å²) in [6.07, 6.45) is 0. The smallest absolute Gasteiger partial charge is 0.255 e. The first-order chi connectivity index (χ1) is 12.8. The molecule has 0 aliphatic rings. The van der Waals surface area contributed by atoms with E-state index in [1.807, 2.05) is 6.92 Å². The summed E-state index contributed by atoms with van der Waals surface area (Å²) in [7, 11) is -1.05. The third kappa shape index (κ3) is 5.43. The highest BCUT2D eigenvalue weighted by molar-refractivity contribution is 7.89. The molecular formula is C18H21ClN2O5S. The highest BCUT2D eigenvalue weighted by Crippen LogP contribution is 2.26. The SMILES string of the molecule is COCCNS(=O)(=O)c1cc(C(=O)Nc2cc(Cl)ccc2C)ccc1OC. The quantitative estimate of drug-likeness (QED) is 0.650. The number of carbonyl (C=O) groups is 1. The number of nitrogens with one attached hydrogen (secondary N) is 2. The van der Waals surface area contributed by atoms with Gasteiger partial charge in [0, 0.05) is 29.9 Å². The molecule has 2 rings (SSSR count). The molecule has 0 saturated heterocycles. The zero-order chi connectivity index (χ0) is 20.0. The van der Waals surface area contributed by atoms with Gasteiger partial charge in [0.1, 0.15) is 10.6 Å². The van der Waals surface area contributed by atoms with Crippen LogP contribution in [0.5, 0.6) is 5.75 Å². The summed E-state index contributed by atoms with van der Waals surface area (Å²) in [5.74, 6) is -0.327. The van der Waals surface area contributed by atoms with Crippen molar-refractivity contribution in [2.75, 3.05) is 32.7 Å². The highest BCUT2D eigenvalue weighted by atomic mass is 35.5. The van der Waals surface area contributed by atoms with Crippen molar-refractivity contribution in [3.8, 4) is 5.75 Å². The fourth-order valence-corrected chi connectivity index (χ4v) is 3.69. The van der Waals surface area contributed by atoms with Gasteiger partial charge in [-0.2, -0.15) is 0 Å². The van der Waals surface area contributed by atoms with Gasteiger partial charge in [0.2, 0.25) is 10.0 Å².